The van der Waals surface area contributed by atoms with E-state index in [-0.39, 0.29) is 0 Å². The quantitative estimate of drug-likeness (QED) is 0.748. The lowest BCUT2D eigenvalue weighted by atomic mass is 9.78. The van der Waals surface area contributed by atoms with Crippen LogP contribution in [-0.2, 0) is 17.8 Å². The summed E-state index contributed by atoms with van der Waals surface area (Å²) in [6.45, 7) is 8.61. The van der Waals surface area contributed by atoms with Gasteiger partial charge in [0.25, 0.3) is 0 Å². The Morgan fingerprint density at radius 1 is 1.14 bits per heavy atom. The number of aromatic nitrogens is 2. The highest BCUT2D eigenvalue weighted by Crippen LogP contribution is 2.40. The fraction of sp³-hybridized carbons (Fsp3) is 0.826. The predicted octanol–water partition coefficient (Wildman–Crippen LogP) is 3.73. The molecule has 1 aromatic rings. The van der Waals surface area contributed by atoms with Crippen molar-refractivity contribution >= 4 is 5.91 Å². The molecule has 3 heterocycles. The van der Waals surface area contributed by atoms with Crippen molar-refractivity contribution in [3.05, 3.63) is 18.2 Å². The van der Waals surface area contributed by atoms with Crippen LogP contribution in [0.2, 0.25) is 0 Å². The molecule has 2 aliphatic heterocycles. The largest absolute Gasteiger partial charge is 0.342 e. The minimum atomic E-state index is 0.331. The molecule has 1 amide bonds. The van der Waals surface area contributed by atoms with Crippen LogP contribution in [-0.4, -0.2) is 58.0 Å². The molecule has 5 heteroatoms. The average molecular weight is 387 g/mol. The number of aryl methyl sites for hydroxylation is 2. The maximum absolute atomic E-state index is 12.8. The van der Waals surface area contributed by atoms with Gasteiger partial charge in [-0.05, 0) is 44.6 Å². The molecule has 156 valence electrons. The van der Waals surface area contributed by atoms with Gasteiger partial charge >= 0.3 is 0 Å². The van der Waals surface area contributed by atoms with E-state index in [1.165, 1.54) is 71.0 Å². The van der Waals surface area contributed by atoms with E-state index >= 15 is 0 Å². The lowest BCUT2D eigenvalue weighted by Crippen LogP contribution is -2.47. The summed E-state index contributed by atoms with van der Waals surface area (Å²) in [5.41, 5.74) is 0.367. The van der Waals surface area contributed by atoms with Gasteiger partial charge in [0.2, 0.25) is 5.91 Å². The molecule has 1 atom stereocenters. The molecule has 28 heavy (non-hydrogen) atoms. The Morgan fingerprint density at radius 2 is 2.00 bits per heavy atom. The second kappa shape index (κ2) is 8.98. The van der Waals surface area contributed by atoms with Crippen LogP contribution >= 0.6 is 0 Å². The van der Waals surface area contributed by atoms with Crippen LogP contribution in [0, 0.1) is 11.3 Å². The van der Waals surface area contributed by atoms with Crippen molar-refractivity contribution in [3.8, 4) is 0 Å². The molecule has 0 aromatic carbocycles. The molecule has 1 aromatic heterocycles. The first-order chi connectivity index (χ1) is 13.7. The third-order valence-corrected chi connectivity index (χ3v) is 7.46. The Balaban J connectivity index is 1.27. The summed E-state index contributed by atoms with van der Waals surface area (Å²) in [6.07, 6.45) is 16.4. The molecule has 3 fully saturated rings. The Kier molecular flexibility index (Phi) is 6.39. The summed E-state index contributed by atoms with van der Waals surface area (Å²) in [5, 5.41) is 0. The van der Waals surface area contributed by atoms with Gasteiger partial charge in [0.05, 0.1) is 0 Å². The molecule has 3 aliphatic rings. The fourth-order valence-corrected chi connectivity index (χ4v) is 5.91. The molecule has 1 spiro atoms. The summed E-state index contributed by atoms with van der Waals surface area (Å²) >= 11 is 0. The van der Waals surface area contributed by atoms with Gasteiger partial charge < -0.3 is 14.4 Å². The van der Waals surface area contributed by atoms with Gasteiger partial charge in [0, 0.05) is 63.4 Å². The minimum Gasteiger partial charge on any atom is -0.342 e. The third kappa shape index (κ3) is 4.61. The number of likely N-dealkylation sites (tertiary alicyclic amines) is 2. The SMILES string of the molecule is CCc1nccn1CCC(=O)N1CC[C@]2(CCCN(CC3CCCCC3)C2)C1. The van der Waals surface area contributed by atoms with Gasteiger partial charge in [0.1, 0.15) is 5.82 Å². The van der Waals surface area contributed by atoms with Gasteiger partial charge in [0.15, 0.2) is 0 Å². The van der Waals surface area contributed by atoms with E-state index in [1.54, 1.807) is 0 Å². The summed E-state index contributed by atoms with van der Waals surface area (Å²) in [7, 11) is 0. The lowest BCUT2D eigenvalue weighted by Gasteiger charge is -2.42. The Bertz CT molecular complexity index is 651. The van der Waals surface area contributed by atoms with Crippen LogP contribution in [0.3, 0.4) is 0 Å². The summed E-state index contributed by atoms with van der Waals surface area (Å²) < 4.78 is 2.14. The van der Waals surface area contributed by atoms with E-state index in [9.17, 15) is 4.79 Å². The highest BCUT2D eigenvalue weighted by atomic mass is 16.2. The van der Waals surface area contributed by atoms with Crippen LogP contribution < -0.4 is 0 Å². The van der Waals surface area contributed by atoms with E-state index in [1.807, 2.05) is 12.4 Å². The molecule has 4 rings (SSSR count). The predicted molar refractivity (Wildman–Crippen MR) is 112 cm³/mol. The molecule has 1 aliphatic carbocycles. The van der Waals surface area contributed by atoms with E-state index in [0.29, 0.717) is 17.7 Å². The molecule has 0 bridgehead atoms. The van der Waals surface area contributed by atoms with E-state index in [2.05, 4.69) is 26.3 Å². The standard InChI is InChI=1S/C23H38N4O/c1-2-21-24-12-16-26(21)14-9-22(28)27-15-11-23(19-27)10-6-13-25(18-23)17-20-7-4-3-5-8-20/h12,16,20H,2-11,13-15,17-19H2,1H3/t23-/m0/s1. The number of amides is 1. The van der Waals surface area contributed by atoms with E-state index < -0.39 is 0 Å². The first-order valence-electron chi connectivity index (χ1n) is 11.7. The smallest absolute Gasteiger partial charge is 0.224 e. The van der Waals surface area contributed by atoms with Crippen molar-refractivity contribution in [2.24, 2.45) is 11.3 Å². The van der Waals surface area contributed by atoms with Crippen LogP contribution in [0.15, 0.2) is 12.4 Å². The number of nitrogens with zero attached hydrogens (tertiary/aromatic N) is 4. The zero-order valence-corrected chi connectivity index (χ0v) is 17.7. The van der Waals surface area contributed by atoms with E-state index in [0.717, 1.165) is 37.8 Å². The number of carbonyl (C=O) groups excluding carboxylic acids is 1. The van der Waals surface area contributed by atoms with Gasteiger partial charge in [-0.25, -0.2) is 4.98 Å². The molecule has 5 nitrogen and oxygen atoms in total. The number of carbonyl (C=O) groups is 1. The van der Waals surface area contributed by atoms with E-state index in [4.69, 9.17) is 0 Å². The zero-order valence-electron chi connectivity index (χ0n) is 17.7. The van der Waals surface area contributed by atoms with Crippen molar-refractivity contribution < 1.29 is 4.79 Å². The second-order valence-corrected chi connectivity index (χ2v) is 9.55. The molecule has 1 saturated carbocycles. The highest BCUT2D eigenvalue weighted by Gasteiger charge is 2.42. The molecular formula is C23H38N4O. The average Bonchev–Trinajstić information content (AvgIpc) is 3.34. The fourth-order valence-electron chi connectivity index (χ4n) is 5.91. The van der Waals surface area contributed by atoms with Crippen LogP contribution in [0.1, 0.15) is 70.5 Å². The van der Waals surface area contributed by atoms with Gasteiger partial charge in [-0.3, -0.25) is 4.79 Å². The number of piperidine rings is 1. The third-order valence-electron chi connectivity index (χ3n) is 7.46. The van der Waals surface area contributed by atoms with Crippen LogP contribution in [0.25, 0.3) is 0 Å². The molecule has 0 N–H and O–H groups in total. The van der Waals surface area contributed by atoms with Crippen LogP contribution in [0.5, 0.6) is 0 Å². The first-order valence-corrected chi connectivity index (χ1v) is 11.7. The summed E-state index contributed by atoms with van der Waals surface area (Å²) in [4.78, 5) is 22.1. The van der Waals surface area contributed by atoms with Crippen molar-refractivity contribution in [3.63, 3.8) is 0 Å². The second-order valence-electron chi connectivity index (χ2n) is 9.55. The summed E-state index contributed by atoms with van der Waals surface area (Å²) in [6, 6.07) is 0. The number of imidazole rings is 1. The Morgan fingerprint density at radius 3 is 2.82 bits per heavy atom. The Hall–Kier alpha value is -1.36. The van der Waals surface area contributed by atoms with Crippen LogP contribution in [0.4, 0.5) is 0 Å². The molecule has 0 radical (unpaired) electrons. The molecule has 0 unspecified atom stereocenters. The molecule has 2 saturated heterocycles. The van der Waals surface area contributed by atoms with Gasteiger partial charge in [-0.1, -0.05) is 26.2 Å². The Labute approximate surface area is 170 Å². The molecular weight excluding hydrogens is 348 g/mol. The lowest BCUT2D eigenvalue weighted by molar-refractivity contribution is -0.131. The maximum Gasteiger partial charge on any atom is 0.224 e. The first kappa shape index (κ1) is 19.9. The number of rotatable bonds is 6. The monoisotopic (exact) mass is 386 g/mol. The number of hydrogen-bond donors (Lipinski definition) is 0. The van der Waals surface area contributed by atoms with Crippen molar-refractivity contribution in [1.82, 2.24) is 19.4 Å². The van der Waals surface area contributed by atoms with Crippen molar-refractivity contribution in [2.75, 3.05) is 32.7 Å². The van der Waals surface area contributed by atoms with Gasteiger partial charge in [-0.2, -0.15) is 0 Å². The maximum atomic E-state index is 12.8. The number of hydrogen-bond acceptors (Lipinski definition) is 3. The van der Waals surface area contributed by atoms with Crippen molar-refractivity contribution in [1.29, 1.82) is 0 Å². The van der Waals surface area contributed by atoms with Crippen molar-refractivity contribution in [2.45, 2.75) is 77.7 Å². The normalized spacial score (nSPS) is 27.0. The zero-order chi connectivity index (χ0) is 19.4. The van der Waals surface area contributed by atoms with Gasteiger partial charge in [-0.15, -0.1) is 0 Å². The topological polar surface area (TPSA) is 41.4 Å². The highest BCUT2D eigenvalue weighted by molar-refractivity contribution is 5.76. The minimum absolute atomic E-state index is 0.331. The summed E-state index contributed by atoms with van der Waals surface area (Å²) in [5.74, 6) is 2.33.